The molecule has 0 bridgehead atoms. The van der Waals surface area contributed by atoms with Crippen molar-refractivity contribution in [3.05, 3.63) is 36.3 Å². The molecule has 0 saturated heterocycles. The minimum Gasteiger partial charge on any atom is -0.307 e. The average molecular weight is 229 g/mol. The van der Waals surface area contributed by atoms with Gasteiger partial charge in [-0.25, -0.2) is 4.98 Å². The molecule has 1 saturated carbocycles. The van der Waals surface area contributed by atoms with Crippen molar-refractivity contribution in [2.45, 2.75) is 44.7 Å². The van der Waals surface area contributed by atoms with Gasteiger partial charge in [-0.3, -0.25) is 0 Å². The van der Waals surface area contributed by atoms with Gasteiger partial charge in [0.25, 0.3) is 0 Å². The molecule has 90 valence electrons. The highest BCUT2D eigenvalue weighted by atomic mass is 15.0. The first kappa shape index (κ1) is 10.8. The van der Waals surface area contributed by atoms with Crippen molar-refractivity contribution >= 4 is 5.65 Å². The Bertz CT molecular complexity index is 476. The van der Waals surface area contributed by atoms with Gasteiger partial charge in [0.05, 0.1) is 5.69 Å². The second-order valence-corrected chi connectivity index (χ2v) is 5.32. The van der Waals surface area contributed by atoms with Crippen LogP contribution in [0.2, 0.25) is 0 Å². The van der Waals surface area contributed by atoms with Crippen LogP contribution in [0.5, 0.6) is 0 Å². The number of hydrogen-bond donors (Lipinski definition) is 1. The third-order valence-electron chi connectivity index (χ3n) is 3.82. The van der Waals surface area contributed by atoms with E-state index in [4.69, 9.17) is 0 Å². The quantitative estimate of drug-likeness (QED) is 0.877. The van der Waals surface area contributed by atoms with Crippen LogP contribution in [0.25, 0.3) is 5.65 Å². The number of rotatable bonds is 3. The van der Waals surface area contributed by atoms with Gasteiger partial charge in [-0.1, -0.05) is 18.9 Å². The highest BCUT2D eigenvalue weighted by Crippen LogP contribution is 2.29. The lowest BCUT2D eigenvalue weighted by Crippen LogP contribution is -2.38. The smallest absolute Gasteiger partial charge is 0.137 e. The summed E-state index contributed by atoms with van der Waals surface area (Å²) in [6.45, 7) is 3.20. The molecular weight excluding hydrogens is 210 g/mol. The number of aromatic nitrogens is 2. The number of imidazole rings is 1. The van der Waals surface area contributed by atoms with Gasteiger partial charge in [0, 0.05) is 24.5 Å². The standard InChI is InChI=1S/C14H19N3/c1-14(7-3-4-8-14)15-10-12-11-17-9-5-2-6-13(17)16-12/h2,5-6,9,11,15H,3-4,7-8,10H2,1H3. The van der Waals surface area contributed by atoms with E-state index in [1.165, 1.54) is 25.7 Å². The lowest BCUT2D eigenvalue weighted by Gasteiger charge is -2.24. The van der Waals surface area contributed by atoms with Crippen LogP contribution in [0, 0.1) is 0 Å². The summed E-state index contributed by atoms with van der Waals surface area (Å²) in [7, 11) is 0. The van der Waals surface area contributed by atoms with Gasteiger partial charge in [0.2, 0.25) is 0 Å². The Hall–Kier alpha value is -1.35. The molecule has 3 rings (SSSR count). The van der Waals surface area contributed by atoms with Gasteiger partial charge in [-0.05, 0) is 31.9 Å². The monoisotopic (exact) mass is 229 g/mol. The van der Waals surface area contributed by atoms with Crippen LogP contribution in [0.3, 0.4) is 0 Å². The van der Waals surface area contributed by atoms with Crippen molar-refractivity contribution < 1.29 is 0 Å². The normalized spacial score (nSPS) is 18.9. The van der Waals surface area contributed by atoms with Gasteiger partial charge in [-0.2, -0.15) is 0 Å². The lowest BCUT2D eigenvalue weighted by atomic mass is 10.0. The van der Waals surface area contributed by atoms with Crippen LogP contribution in [0.15, 0.2) is 30.6 Å². The molecule has 1 N–H and O–H groups in total. The topological polar surface area (TPSA) is 29.3 Å². The molecule has 2 heterocycles. The zero-order valence-corrected chi connectivity index (χ0v) is 10.3. The Morgan fingerprint density at radius 3 is 2.94 bits per heavy atom. The Morgan fingerprint density at radius 1 is 1.35 bits per heavy atom. The predicted molar refractivity (Wildman–Crippen MR) is 68.9 cm³/mol. The molecule has 2 aromatic rings. The summed E-state index contributed by atoms with van der Waals surface area (Å²) in [5.41, 5.74) is 2.49. The van der Waals surface area contributed by atoms with E-state index in [0.717, 1.165) is 17.9 Å². The SMILES string of the molecule is CC1(NCc2cn3ccccc3n2)CCCC1. The molecule has 17 heavy (non-hydrogen) atoms. The van der Waals surface area contributed by atoms with Crippen molar-refractivity contribution in [3.63, 3.8) is 0 Å². The molecule has 1 aliphatic carbocycles. The number of nitrogens with zero attached hydrogens (tertiary/aromatic N) is 2. The van der Waals surface area contributed by atoms with E-state index < -0.39 is 0 Å². The molecule has 0 aliphatic heterocycles. The van der Waals surface area contributed by atoms with Gasteiger partial charge < -0.3 is 9.72 Å². The average Bonchev–Trinajstić information content (AvgIpc) is 2.93. The minimum absolute atomic E-state index is 0.329. The Kier molecular flexibility index (Phi) is 2.63. The maximum Gasteiger partial charge on any atom is 0.137 e. The summed E-state index contributed by atoms with van der Waals surface area (Å²) in [6.07, 6.45) is 9.45. The Morgan fingerprint density at radius 2 is 2.18 bits per heavy atom. The molecule has 0 atom stereocenters. The third-order valence-corrected chi connectivity index (χ3v) is 3.82. The summed E-state index contributed by atoms with van der Waals surface area (Å²) in [5, 5.41) is 3.66. The fourth-order valence-electron chi connectivity index (χ4n) is 2.71. The van der Waals surface area contributed by atoms with Crippen LogP contribution in [-0.2, 0) is 6.54 Å². The summed E-state index contributed by atoms with van der Waals surface area (Å²) in [6, 6.07) is 6.10. The highest BCUT2D eigenvalue weighted by molar-refractivity contribution is 5.39. The molecule has 0 unspecified atom stereocenters. The minimum atomic E-state index is 0.329. The van der Waals surface area contributed by atoms with Crippen LogP contribution < -0.4 is 5.32 Å². The molecule has 1 aliphatic rings. The van der Waals surface area contributed by atoms with Gasteiger partial charge >= 0.3 is 0 Å². The molecule has 0 radical (unpaired) electrons. The van der Waals surface area contributed by atoms with E-state index in [-0.39, 0.29) is 0 Å². The van der Waals surface area contributed by atoms with Crippen LogP contribution in [-0.4, -0.2) is 14.9 Å². The van der Waals surface area contributed by atoms with E-state index in [2.05, 4.69) is 27.8 Å². The van der Waals surface area contributed by atoms with E-state index in [1.54, 1.807) is 0 Å². The van der Waals surface area contributed by atoms with Crippen molar-refractivity contribution in [1.29, 1.82) is 0 Å². The molecule has 0 amide bonds. The van der Waals surface area contributed by atoms with Crippen molar-refractivity contribution in [2.75, 3.05) is 0 Å². The zero-order chi connectivity index (χ0) is 11.7. The maximum absolute atomic E-state index is 4.61. The van der Waals surface area contributed by atoms with Crippen molar-refractivity contribution in [2.24, 2.45) is 0 Å². The lowest BCUT2D eigenvalue weighted by molar-refractivity contribution is 0.361. The molecule has 0 aromatic carbocycles. The number of fused-ring (bicyclic) bond motifs is 1. The summed E-state index contributed by atoms with van der Waals surface area (Å²) >= 11 is 0. The first-order chi connectivity index (χ1) is 8.25. The van der Waals surface area contributed by atoms with E-state index >= 15 is 0 Å². The largest absolute Gasteiger partial charge is 0.307 e. The van der Waals surface area contributed by atoms with Crippen LogP contribution in [0.1, 0.15) is 38.3 Å². The Balaban J connectivity index is 1.72. The van der Waals surface area contributed by atoms with E-state index in [1.807, 2.05) is 24.4 Å². The number of pyridine rings is 1. The maximum atomic E-state index is 4.61. The fourth-order valence-corrected chi connectivity index (χ4v) is 2.71. The van der Waals surface area contributed by atoms with Gasteiger partial charge in [-0.15, -0.1) is 0 Å². The number of nitrogens with one attached hydrogen (secondary N) is 1. The third kappa shape index (κ3) is 2.20. The fraction of sp³-hybridized carbons (Fsp3) is 0.500. The number of hydrogen-bond acceptors (Lipinski definition) is 2. The molecule has 1 fully saturated rings. The van der Waals surface area contributed by atoms with Crippen molar-refractivity contribution in [1.82, 2.24) is 14.7 Å². The van der Waals surface area contributed by atoms with Crippen LogP contribution >= 0.6 is 0 Å². The van der Waals surface area contributed by atoms with E-state index in [0.29, 0.717) is 5.54 Å². The summed E-state index contributed by atoms with van der Waals surface area (Å²) in [5.74, 6) is 0. The Labute approximate surface area is 102 Å². The van der Waals surface area contributed by atoms with Gasteiger partial charge in [0.1, 0.15) is 5.65 Å². The zero-order valence-electron chi connectivity index (χ0n) is 10.3. The summed E-state index contributed by atoms with van der Waals surface area (Å²) in [4.78, 5) is 4.61. The second kappa shape index (κ2) is 4.15. The molecular formula is C14H19N3. The summed E-state index contributed by atoms with van der Waals surface area (Å²) < 4.78 is 2.08. The highest BCUT2D eigenvalue weighted by Gasteiger charge is 2.27. The predicted octanol–water partition coefficient (Wildman–Crippen LogP) is 2.76. The van der Waals surface area contributed by atoms with Crippen molar-refractivity contribution in [3.8, 4) is 0 Å². The van der Waals surface area contributed by atoms with Gasteiger partial charge in [0.15, 0.2) is 0 Å². The van der Waals surface area contributed by atoms with Crippen LogP contribution in [0.4, 0.5) is 0 Å². The van der Waals surface area contributed by atoms with E-state index in [9.17, 15) is 0 Å². The molecule has 3 heteroatoms. The molecule has 2 aromatic heterocycles. The second-order valence-electron chi connectivity index (χ2n) is 5.32. The first-order valence-corrected chi connectivity index (χ1v) is 6.43. The molecule has 0 spiro atoms. The molecule has 3 nitrogen and oxygen atoms in total. The first-order valence-electron chi connectivity index (χ1n) is 6.43.